The molecule has 18 heavy (non-hydrogen) atoms. The zero-order chi connectivity index (χ0) is 13.1. The second-order valence-electron chi connectivity index (χ2n) is 3.77. The molecule has 1 aromatic heterocycles. The molecule has 0 aliphatic heterocycles. The number of benzene rings is 1. The van der Waals surface area contributed by atoms with Gasteiger partial charge in [-0.2, -0.15) is 0 Å². The Labute approximate surface area is 114 Å². The third-order valence-electron chi connectivity index (χ3n) is 2.65. The zero-order valence-corrected chi connectivity index (χ0v) is 11.5. The van der Waals surface area contributed by atoms with Crippen molar-refractivity contribution in [1.82, 2.24) is 4.98 Å². The van der Waals surface area contributed by atoms with Crippen LogP contribution in [0.5, 0.6) is 0 Å². The van der Waals surface area contributed by atoms with Crippen LogP contribution in [0.3, 0.4) is 0 Å². The summed E-state index contributed by atoms with van der Waals surface area (Å²) in [6.07, 6.45) is 1.32. The van der Waals surface area contributed by atoms with E-state index in [4.69, 9.17) is 11.1 Å². The van der Waals surface area contributed by atoms with Gasteiger partial charge in [0, 0.05) is 30.1 Å². The molecule has 0 radical (unpaired) electrons. The van der Waals surface area contributed by atoms with Crippen LogP contribution in [-0.2, 0) is 0 Å². The van der Waals surface area contributed by atoms with Crippen molar-refractivity contribution < 1.29 is 0 Å². The number of aromatic nitrogens is 1. The quantitative estimate of drug-likeness (QED) is 0.602. The van der Waals surface area contributed by atoms with Gasteiger partial charge in [-0.25, -0.2) is 4.98 Å². The molecule has 1 aromatic carbocycles. The first-order chi connectivity index (χ1) is 8.65. The molecule has 5 heteroatoms. The van der Waals surface area contributed by atoms with E-state index in [0.717, 1.165) is 22.5 Å². The molecular weight excluding hydrogens is 292 g/mol. The average molecular weight is 305 g/mol. The standard InChI is InChI=1S/C13H13BrN4/c1-17-11-4-2-8(6-9(11)7-15)12-5-3-10(16)13(14)18-12/h2-7,15,17H,16H2,1H3. The highest BCUT2D eigenvalue weighted by Gasteiger charge is 2.05. The normalized spacial score (nSPS) is 10.1. The van der Waals surface area contributed by atoms with Gasteiger partial charge in [-0.05, 0) is 40.2 Å². The van der Waals surface area contributed by atoms with E-state index in [1.165, 1.54) is 6.21 Å². The number of halogens is 1. The number of hydrogen-bond donors (Lipinski definition) is 3. The van der Waals surface area contributed by atoms with E-state index in [1.54, 1.807) is 0 Å². The number of anilines is 2. The Hall–Kier alpha value is -1.88. The van der Waals surface area contributed by atoms with Crippen LogP contribution in [0.4, 0.5) is 11.4 Å². The average Bonchev–Trinajstić information content (AvgIpc) is 2.41. The van der Waals surface area contributed by atoms with Crippen LogP contribution >= 0.6 is 15.9 Å². The lowest BCUT2D eigenvalue weighted by molar-refractivity contribution is 1.28. The van der Waals surface area contributed by atoms with Gasteiger partial charge in [-0.15, -0.1) is 0 Å². The van der Waals surface area contributed by atoms with Crippen molar-refractivity contribution in [3.63, 3.8) is 0 Å². The first-order valence-electron chi connectivity index (χ1n) is 5.40. The van der Waals surface area contributed by atoms with Crippen LogP contribution in [0.25, 0.3) is 11.3 Å². The van der Waals surface area contributed by atoms with Gasteiger partial charge in [-0.3, -0.25) is 0 Å². The summed E-state index contributed by atoms with van der Waals surface area (Å²) in [5.41, 5.74) is 9.84. The van der Waals surface area contributed by atoms with Crippen LogP contribution in [0.15, 0.2) is 34.9 Å². The zero-order valence-electron chi connectivity index (χ0n) is 9.87. The largest absolute Gasteiger partial charge is 0.397 e. The maximum Gasteiger partial charge on any atom is 0.129 e. The van der Waals surface area contributed by atoms with Gasteiger partial charge < -0.3 is 16.5 Å². The van der Waals surface area contributed by atoms with Crippen molar-refractivity contribution >= 4 is 33.5 Å². The SMILES string of the molecule is CNc1ccc(-c2ccc(N)c(Br)n2)cc1C=N. The van der Waals surface area contributed by atoms with Crippen LogP contribution in [-0.4, -0.2) is 18.2 Å². The first kappa shape index (κ1) is 12.6. The molecule has 0 spiro atoms. The summed E-state index contributed by atoms with van der Waals surface area (Å²) < 4.78 is 0.633. The molecule has 0 aliphatic carbocycles. The van der Waals surface area contributed by atoms with E-state index < -0.39 is 0 Å². The first-order valence-corrected chi connectivity index (χ1v) is 6.19. The number of nitrogens with zero attached hydrogens (tertiary/aromatic N) is 1. The van der Waals surface area contributed by atoms with Crippen LogP contribution in [0.1, 0.15) is 5.56 Å². The fourth-order valence-electron chi connectivity index (χ4n) is 1.67. The van der Waals surface area contributed by atoms with Crippen molar-refractivity contribution in [1.29, 1.82) is 5.41 Å². The number of pyridine rings is 1. The van der Waals surface area contributed by atoms with Gasteiger partial charge in [0.25, 0.3) is 0 Å². The summed E-state index contributed by atoms with van der Waals surface area (Å²) in [7, 11) is 1.83. The third kappa shape index (κ3) is 2.36. The fraction of sp³-hybridized carbons (Fsp3) is 0.0769. The Kier molecular flexibility index (Phi) is 3.62. The highest BCUT2D eigenvalue weighted by molar-refractivity contribution is 9.10. The number of rotatable bonds is 3. The van der Waals surface area contributed by atoms with Crippen molar-refractivity contribution in [2.75, 3.05) is 18.1 Å². The molecule has 2 rings (SSSR count). The molecular formula is C13H13BrN4. The Balaban J connectivity index is 2.50. The minimum absolute atomic E-state index is 0.609. The highest BCUT2D eigenvalue weighted by atomic mass is 79.9. The molecule has 0 saturated carbocycles. The summed E-state index contributed by atoms with van der Waals surface area (Å²) in [4.78, 5) is 4.37. The van der Waals surface area contributed by atoms with Crippen LogP contribution < -0.4 is 11.1 Å². The van der Waals surface area contributed by atoms with Gasteiger partial charge >= 0.3 is 0 Å². The van der Waals surface area contributed by atoms with E-state index in [0.29, 0.717) is 10.3 Å². The molecule has 0 saturated heterocycles. The highest BCUT2D eigenvalue weighted by Crippen LogP contribution is 2.26. The lowest BCUT2D eigenvalue weighted by atomic mass is 10.1. The smallest absolute Gasteiger partial charge is 0.129 e. The molecule has 0 atom stereocenters. The van der Waals surface area contributed by atoms with Gasteiger partial charge in [0.2, 0.25) is 0 Å². The van der Waals surface area contributed by atoms with E-state index >= 15 is 0 Å². The Morgan fingerprint density at radius 2 is 2.11 bits per heavy atom. The fourth-order valence-corrected chi connectivity index (χ4v) is 2.00. The summed E-state index contributed by atoms with van der Waals surface area (Å²) in [5, 5.41) is 10.5. The molecule has 2 aromatic rings. The molecule has 0 amide bonds. The molecule has 4 nitrogen and oxygen atoms in total. The van der Waals surface area contributed by atoms with Crippen molar-refractivity contribution in [3.8, 4) is 11.3 Å². The third-order valence-corrected chi connectivity index (χ3v) is 3.28. The predicted molar refractivity (Wildman–Crippen MR) is 79.2 cm³/mol. The molecule has 1 heterocycles. The maximum absolute atomic E-state index is 7.41. The van der Waals surface area contributed by atoms with E-state index in [1.807, 2.05) is 37.4 Å². The minimum atomic E-state index is 0.609. The van der Waals surface area contributed by atoms with Crippen LogP contribution in [0.2, 0.25) is 0 Å². The Bertz CT molecular complexity index is 596. The summed E-state index contributed by atoms with van der Waals surface area (Å²) in [5.74, 6) is 0. The molecule has 0 unspecified atom stereocenters. The topological polar surface area (TPSA) is 74.8 Å². The van der Waals surface area contributed by atoms with Crippen molar-refractivity contribution in [3.05, 3.63) is 40.5 Å². The second kappa shape index (κ2) is 5.18. The van der Waals surface area contributed by atoms with Gasteiger partial charge in [0.1, 0.15) is 4.60 Å². The predicted octanol–water partition coefficient (Wildman–Crippen LogP) is 3.13. The number of hydrogen-bond acceptors (Lipinski definition) is 4. The monoisotopic (exact) mass is 304 g/mol. The van der Waals surface area contributed by atoms with Gasteiger partial charge in [-0.1, -0.05) is 6.07 Å². The summed E-state index contributed by atoms with van der Waals surface area (Å²) in [6, 6.07) is 9.49. The lowest BCUT2D eigenvalue weighted by Gasteiger charge is -2.08. The Morgan fingerprint density at radius 1 is 1.33 bits per heavy atom. The molecule has 0 fully saturated rings. The number of nitrogen functional groups attached to an aromatic ring is 1. The van der Waals surface area contributed by atoms with Crippen molar-refractivity contribution in [2.45, 2.75) is 0 Å². The molecule has 4 N–H and O–H groups in total. The van der Waals surface area contributed by atoms with Gasteiger partial charge in [0.05, 0.1) is 11.4 Å². The second-order valence-corrected chi connectivity index (χ2v) is 4.52. The van der Waals surface area contributed by atoms with E-state index in [-0.39, 0.29) is 0 Å². The molecule has 0 aliphatic rings. The van der Waals surface area contributed by atoms with Gasteiger partial charge in [0.15, 0.2) is 0 Å². The number of nitrogens with one attached hydrogen (secondary N) is 2. The summed E-state index contributed by atoms with van der Waals surface area (Å²) >= 11 is 3.31. The summed E-state index contributed by atoms with van der Waals surface area (Å²) in [6.45, 7) is 0. The van der Waals surface area contributed by atoms with E-state index in [9.17, 15) is 0 Å². The lowest BCUT2D eigenvalue weighted by Crippen LogP contribution is -1.96. The molecule has 0 bridgehead atoms. The number of nitrogens with two attached hydrogens (primary N) is 1. The Morgan fingerprint density at radius 3 is 2.72 bits per heavy atom. The minimum Gasteiger partial charge on any atom is -0.397 e. The van der Waals surface area contributed by atoms with Crippen molar-refractivity contribution in [2.24, 2.45) is 0 Å². The van der Waals surface area contributed by atoms with E-state index in [2.05, 4.69) is 26.2 Å². The van der Waals surface area contributed by atoms with Crippen LogP contribution in [0, 0.1) is 5.41 Å². The maximum atomic E-state index is 7.41. The molecule has 92 valence electrons.